The Balaban J connectivity index is 2.88. The highest BCUT2D eigenvalue weighted by molar-refractivity contribution is 5.22. The van der Waals surface area contributed by atoms with E-state index >= 15 is 0 Å². The fraction of sp³-hybridized carbons (Fsp3) is 0.667. The number of benzene rings is 1. The fourth-order valence-corrected chi connectivity index (χ4v) is 2.67. The van der Waals surface area contributed by atoms with E-state index in [-0.39, 0.29) is 22.9 Å². The normalized spacial score (nSPS) is 15.8. The predicted molar refractivity (Wildman–Crippen MR) is 86.9 cm³/mol. The fourth-order valence-electron chi connectivity index (χ4n) is 2.67. The molecular weight excluding hydrogens is 265 g/mol. The van der Waals surface area contributed by atoms with E-state index in [1.807, 2.05) is 12.1 Å². The summed E-state index contributed by atoms with van der Waals surface area (Å²) < 4.78 is 18.6. The van der Waals surface area contributed by atoms with E-state index in [9.17, 15) is 4.39 Å². The molecule has 0 aromatic heterocycles. The van der Waals surface area contributed by atoms with Crippen molar-refractivity contribution in [2.45, 2.75) is 65.6 Å². The Morgan fingerprint density at radius 2 is 1.62 bits per heavy atom. The van der Waals surface area contributed by atoms with Gasteiger partial charge in [-0.25, -0.2) is 4.39 Å². The first kappa shape index (κ1) is 18.1. The van der Waals surface area contributed by atoms with Crippen LogP contribution < -0.4 is 5.32 Å². The van der Waals surface area contributed by atoms with E-state index < -0.39 is 0 Å². The van der Waals surface area contributed by atoms with E-state index in [2.05, 4.69) is 46.9 Å². The molecule has 0 aliphatic heterocycles. The summed E-state index contributed by atoms with van der Waals surface area (Å²) in [7, 11) is 1.74. The van der Waals surface area contributed by atoms with E-state index in [1.165, 1.54) is 12.1 Å². The molecule has 0 saturated carbocycles. The molecule has 0 saturated heterocycles. The lowest BCUT2D eigenvalue weighted by Gasteiger charge is -2.36. The van der Waals surface area contributed by atoms with Crippen LogP contribution in [-0.2, 0) is 4.74 Å². The second kappa shape index (κ2) is 6.89. The molecule has 0 bridgehead atoms. The number of halogens is 1. The Morgan fingerprint density at radius 1 is 1.10 bits per heavy atom. The van der Waals surface area contributed by atoms with Gasteiger partial charge in [0.2, 0.25) is 0 Å². The molecule has 2 unspecified atom stereocenters. The monoisotopic (exact) mass is 295 g/mol. The average molecular weight is 295 g/mol. The topological polar surface area (TPSA) is 21.3 Å². The van der Waals surface area contributed by atoms with Gasteiger partial charge < -0.3 is 10.1 Å². The van der Waals surface area contributed by atoms with Crippen molar-refractivity contribution in [1.82, 2.24) is 5.32 Å². The maximum absolute atomic E-state index is 13.1. The molecule has 2 nitrogen and oxygen atoms in total. The zero-order chi connectivity index (χ0) is 16.3. The van der Waals surface area contributed by atoms with Crippen LogP contribution in [0.2, 0.25) is 0 Å². The molecular formula is C18H30FNO. The van der Waals surface area contributed by atoms with Crippen LogP contribution in [0.1, 0.15) is 59.6 Å². The van der Waals surface area contributed by atoms with Gasteiger partial charge in [-0.15, -0.1) is 0 Å². The third kappa shape index (κ3) is 5.76. The summed E-state index contributed by atoms with van der Waals surface area (Å²) >= 11 is 0. The van der Waals surface area contributed by atoms with Gasteiger partial charge >= 0.3 is 0 Å². The molecule has 1 aromatic carbocycles. The Hall–Kier alpha value is -0.930. The first-order valence-corrected chi connectivity index (χ1v) is 7.62. The Morgan fingerprint density at radius 3 is 2.05 bits per heavy atom. The zero-order valence-corrected chi connectivity index (χ0v) is 14.5. The Labute approximate surface area is 129 Å². The van der Waals surface area contributed by atoms with Crippen molar-refractivity contribution in [3.8, 4) is 0 Å². The van der Waals surface area contributed by atoms with E-state index in [4.69, 9.17) is 4.74 Å². The largest absolute Gasteiger partial charge is 0.379 e. The predicted octanol–water partition coefficient (Wildman–Crippen LogP) is 4.71. The molecule has 1 aromatic rings. The van der Waals surface area contributed by atoms with Gasteiger partial charge in [0.05, 0.1) is 5.60 Å². The summed E-state index contributed by atoms with van der Waals surface area (Å²) in [6.07, 6.45) is 0.914. The molecule has 2 atom stereocenters. The third-order valence-corrected chi connectivity index (χ3v) is 3.87. The first-order valence-electron chi connectivity index (χ1n) is 7.62. The number of ether oxygens (including phenoxy) is 1. The van der Waals surface area contributed by atoms with Crippen LogP contribution in [0.25, 0.3) is 0 Å². The van der Waals surface area contributed by atoms with E-state index in [0.29, 0.717) is 6.04 Å². The van der Waals surface area contributed by atoms with Crippen molar-refractivity contribution in [3.63, 3.8) is 0 Å². The van der Waals surface area contributed by atoms with Crippen molar-refractivity contribution in [2.24, 2.45) is 5.41 Å². The number of rotatable bonds is 6. The Kier molecular flexibility index (Phi) is 5.94. The summed E-state index contributed by atoms with van der Waals surface area (Å²) in [5, 5.41) is 3.68. The summed E-state index contributed by atoms with van der Waals surface area (Å²) in [4.78, 5) is 0. The highest BCUT2D eigenvalue weighted by atomic mass is 19.1. The number of hydrogen-bond donors (Lipinski definition) is 1. The van der Waals surface area contributed by atoms with E-state index in [1.54, 1.807) is 7.11 Å². The lowest BCUT2D eigenvalue weighted by molar-refractivity contribution is 0.00618. The average Bonchev–Trinajstić information content (AvgIpc) is 2.35. The molecule has 0 aliphatic carbocycles. The van der Waals surface area contributed by atoms with Crippen molar-refractivity contribution >= 4 is 0 Å². The van der Waals surface area contributed by atoms with Crippen LogP contribution in [0.3, 0.4) is 0 Å². The van der Waals surface area contributed by atoms with Gasteiger partial charge in [-0.3, -0.25) is 0 Å². The highest BCUT2D eigenvalue weighted by Crippen LogP contribution is 2.34. The maximum Gasteiger partial charge on any atom is 0.123 e. The summed E-state index contributed by atoms with van der Waals surface area (Å²) in [6.45, 7) is 12.9. The quantitative estimate of drug-likeness (QED) is 0.821. The van der Waals surface area contributed by atoms with Gasteiger partial charge in [0.1, 0.15) is 5.82 Å². The molecule has 1 N–H and O–H groups in total. The second-order valence-corrected chi connectivity index (χ2v) is 7.59. The van der Waals surface area contributed by atoms with Crippen molar-refractivity contribution in [1.29, 1.82) is 0 Å². The van der Waals surface area contributed by atoms with Gasteiger partial charge in [-0.2, -0.15) is 0 Å². The van der Waals surface area contributed by atoms with Gasteiger partial charge in [0, 0.05) is 19.2 Å². The summed E-state index contributed by atoms with van der Waals surface area (Å²) in [6, 6.07) is 7.26. The summed E-state index contributed by atoms with van der Waals surface area (Å²) in [5.41, 5.74) is 1.01. The third-order valence-electron chi connectivity index (χ3n) is 3.87. The molecule has 0 radical (unpaired) electrons. The molecule has 0 aliphatic rings. The number of methoxy groups -OCH3 is 1. The maximum atomic E-state index is 13.1. The molecule has 0 amide bonds. The van der Waals surface area contributed by atoms with Crippen LogP contribution in [0.5, 0.6) is 0 Å². The van der Waals surface area contributed by atoms with Crippen molar-refractivity contribution in [2.75, 3.05) is 7.11 Å². The van der Waals surface area contributed by atoms with Crippen molar-refractivity contribution < 1.29 is 9.13 Å². The van der Waals surface area contributed by atoms with Gasteiger partial charge in [0.15, 0.2) is 0 Å². The molecule has 1 rings (SSSR count). The minimum atomic E-state index is -0.194. The van der Waals surface area contributed by atoms with Gasteiger partial charge in [0.25, 0.3) is 0 Å². The first-order chi connectivity index (χ1) is 9.55. The molecule has 0 fully saturated rings. The lowest BCUT2D eigenvalue weighted by Crippen LogP contribution is -2.41. The van der Waals surface area contributed by atoms with Crippen LogP contribution >= 0.6 is 0 Å². The minimum absolute atomic E-state index is 0.0449. The molecule has 120 valence electrons. The van der Waals surface area contributed by atoms with Crippen LogP contribution in [0.4, 0.5) is 4.39 Å². The van der Waals surface area contributed by atoms with E-state index in [0.717, 1.165) is 12.0 Å². The van der Waals surface area contributed by atoms with Crippen molar-refractivity contribution in [3.05, 3.63) is 35.6 Å². The molecule has 0 heterocycles. The van der Waals surface area contributed by atoms with Gasteiger partial charge in [-0.1, -0.05) is 32.9 Å². The lowest BCUT2D eigenvalue weighted by atomic mass is 9.81. The standard InChI is InChI=1S/C18H30FNO/c1-13(12-18(5,6)21-7)20-16(17(2,3)4)14-8-10-15(19)11-9-14/h8-11,13,16,20H,12H2,1-7H3. The summed E-state index contributed by atoms with van der Waals surface area (Å²) in [5.74, 6) is -0.194. The second-order valence-electron chi connectivity index (χ2n) is 7.59. The molecule has 21 heavy (non-hydrogen) atoms. The zero-order valence-electron chi connectivity index (χ0n) is 14.5. The minimum Gasteiger partial charge on any atom is -0.379 e. The molecule has 3 heteroatoms. The SMILES string of the molecule is COC(C)(C)CC(C)NC(c1ccc(F)cc1)C(C)(C)C. The number of hydrogen-bond acceptors (Lipinski definition) is 2. The van der Waals surface area contributed by atoms with Crippen LogP contribution in [0, 0.1) is 11.2 Å². The highest BCUT2D eigenvalue weighted by Gasteiger charge is 2.29. The van der Waals surface area contributed by atoms with Crippen LogP contribution in [0.15, 0.2) is 24.3 Å². The Bertz CT molecular complexity index is 434. The van der Waals surface area contributed by atoms with Gasteiger partial charge in [-0.05, 0) is 50.3 Å². The molecule has 0 spiro atoms. The smallest absolute Gasteiger partial charge is 0.123 e. The van der Waals surface area contributed by atoms with Crippen LogP contribution in [-0.4, -0.2) is 18.8 Å². The number of nitrogens with one attached hydrogen (secondary N) is 1.